The monoisotopic (exact) mass is 219 g/mol. The second-order valence-electron chi connectivity index (χ2n) is 3.87. The zero-order chi connectivity index (χ0) is 11.4. The SMILES string of the molecule is N#Cc1ccc(N2CCCNCC2)cc1F. The molecular weight excluding hydrogens is 205 g/mol. The highest BCUT2D eigenvalue weighted by molar-refractivity contribution is 5.50. The molecule has 1 aliphatic heterocycles. The summed E-state index contributed by atoms with van der Waals surface area (Å²) < 4.78 is 13.4. The fourth-order valence-corrected chi connectivity index (χ4v) is 1.90. The van der Waals surface area contributed by atoms with Gasteiger partial charge in [0.1, 0.15) is 11.9 Å². The molecule has 1 saturated heterocycles. The molecule has 0 spiro atoms. The predicted molar refractivity (Wildman–Crippen MR) is 60.8 cm³/mol. The van der Waals surface area contributed by atoms with E-state index in [1.807, 2.05) is 12.1 Å². The van der Waals surface area contributed by atoms with Crippen molar-refractivity contribution in [3.63, 3.8) is 0 Å². The Bertz CT molecular complexity index is 403. The van der Waals surface area contributed by atoms with Gasteiger partial charge in [-0.1, -0.05) is 0 Å². The summed E-state index contributed by atoms with van der Waals surface area (Å²) in [7, 11) is 0. The third-order valence-electron chi connectivity index (χ3n) is 2.78. The van der Waals surface area contributed by atoms with Crippen LogP contribution in [0.1, 0.15) is 12.0 Å². The second-order valence-corrected chi connectivity index (χ2v) is 3.87. The first kappa shape index (κ1) is 10.9. The summed E-state index contributed by atoms with van der Waals surface area (Å²) in [4.78, 5) is 2.14. The van der Waals surface area contributed by atoms with Crippen LogP contribution in [0.15, 0.2) is 18.2 Å². The summed E-state index contributed by atoms with van der Waals surface area (Å²) in [6.07, 6.45) is 1.06. The second kappa shape index (κ2) is 4.95. The zero-order valence-electron chi connectivity index (χ0n) is 9.04. The summed E-state index contributed by atoms with van der Waals surface area (Å²) >= 11 is 0. The van der Waals surface area contributed by atoms with E-state index in [1.165, 1.54) is 6.07 Å². The van der Waals surface area contributed by atoms with Crippen LogP contribution in [0.3, 0.4) is 0 Å². The first-order chi connectivity index (χ1) is 7.81. The van der Waals surface area contributed by atoms with E-state index < -0.39 is 5.82 Å². The van der Waals surface area contributed by atoms with E-state index in [1.54, 1.807) is 6.07 Å². The zero-order valence-corrected chi connectivity index (χ0v) is 9.04. The molecule has 0 aromatic heterocycles. The molecule has 0 bridgehead atoms. The normalized spacial score (nSPS) is 16.6. The van der Waals surface area contributed by atoms with Gasteiger partial charge in [0.25, 0.3) is 0 Å². The van der Waals surface area contributed by atoms with Crippen molar-refractivity contribution in [3.8, 4) is 6.07 Å². The summed E-state index contributed by atoms with van der Waals surface area (Å²) in [5.41, 5.74) is 0.969. The van der Waals surface area contributed by atoms with Crippen LogP contribution in [0.5, 0.6) is 0 Å². The first-order valence-corrected chi connectivity index (χ1v) is 5.46. The Kier molecular flexibility index (Phi) is 3.37. The van der Waals surface area contributed by atoms with Crippen LogP contribution in [0, 0.1) is 17.1 Å². The third-order valence-corrected chi connectivity index (χ3v) is 2.78. The van der Waals surface area contributed by atoms with Crippen LogP contribution >= 0.6 is 0 Å². The van der Waals surface area contributed by atoms with Crippen molar-refractivity contribution in [1.82, 2.24) is 5.32 Å². The summed E-state index contributed by atoms with van der Waals surface area (Å²) in [5, 5.41) is 11.9. The van der Waals surface area contributed by atoms with Gasteiger partial charge >= 0.3 is 0 Å². The molecule has 0 radical (unpaired) electrons. The van der Waals surface area contributed by atoms with Crippen molar-refractivity contribution >= 4 is 5.69 Å². The van der Waals surface area contributed by atoms with Gasteiger partial charge in [0.2, 0.25) is 0 Å². The topological polar surface area (TPSA) is 39.1 Å². The van der Waals surface area contributed by atoms with Crippen molar-refractivity contribution in [3.05, 3.63) is 29.6 Å². The molecule has 16 heavy (non-hydrogen) atoms. The molecule has 84 valence electrons. The van der Waals surface area contributed by atoms with Gasteiger partial charge in [-0.05, 0) is 31.2 Å². The van der Waals surface area contributed by atoms with E-state index >= 15 is 0 Å². The average Bonchev–Trinajstić information content (AvgIpc) is 2.57. The maximum Gasteiger partial charge on any atom is 0.143 e. The number of hydrogen-bond acceptors (Lipinski definition) is 3. The number of nitrogens with one attached hydrogen (secondary N) is 1. The van der Waals surface area contributed by atoms with Gasteiger partial charge in [0, 0.05) is 25.3 Å². The Labute approximate surface area is 94.5 Å². The molecule has 1 aromatic rings. The summed E-state index contributed by atoms with van der Waals surface area (Å²) in [5.74, 6) is -0.433. The van der Waals surface area contributed by atoms with E-state index in [9.17, 15) is 4.39 Å². The number of nitrogens with zero attached hydrogens (tertiary/aromatic N) is 2. The van der Waals surface area contributed by atoms with E-state index in [4.69, 9.17) is 5.26 Å². The van der Waals surface area contributed by atoms with Crippen molar-refractivity contribution in [2.75, 3.05) is 31.1 Å². The van der Waals surface area contributed by atoms with Gasteiger partial charge < -0.3 is 10.2 Å². The Balaban J connectivity index is 2.20. The molecule has 0 amide bonds. The Hall–Kier alpha value is -1.60. The molecule has 0 saturated carbocycles. The number of benzene rings is 1. The fraction of sp³-hybridized carbons (Fsp3) is 0.417. The van der Waals surface area contributed by atoms with Gasteiger partial charge in [-0.2, -0.15) is 5.26 Å². The molecule has 0 aliphatic carbocycles. The summed E-state index contributed by atoms with van der Waals surface area (Å²) in [6, 6.07) is 6.64. The van der Waals surface area contributed by atoms with Gasteiger partial charge in [-0.25, -0.2) is 4.39 Å². The average molecular weight is 219 g/mol. The van der Waals surface area contributed by atoms with E-state index in [0.717, 1.165) is 38.3 Å². The number of anilines is 1. The molecule has 4 heteroatoms. The van der Waals surface area contributed by atoms with Crippen molar-refractivity contribution in [2.45, 2.75) is 6.42 Å². The van der Waals surface area contributed by atoms with Crippen LogP contribution < -0.4 is 10.2 Å². The molecule has 2 rings (SSSR count). The Morgan fingerprint density at radius 2 is 2.19 bits per heavy atom. The fourth-order valence-electron chi connectivity index (χ4n) is 1.90. The minimum atomic E-state index is -0.433. The Morgan fingerprint density at radius 3 is 2.94 bits per heavy atom. The smallest absolute Gasteiger partial charge is 0.143 e. The minimum Gasteiger partial charge on any atom is -0.370 e. The van der Waals surface area contributed by atoms with Crippen molar-refractivity contribution < 1.29 is 4.39 Å². The highest BCUT2D eigenvalue weighted by Gasteiger charge is 2.11. The summed E-state index contributed by atoms with van der Waals surface area (Å²) in [6.45, 7) is 3.74. The van der Waals surface area contributed by atoms with Crippen molar-refractivity contribution in [1.29, 1.82) is 5.26 Å². The standard InChI is InChI=1S/C12H14FN3/c13-12-8-11(3-2-10(12)9-14)16-6-1-4-15-5-7-16/h2-3,8,15H,1,4-7H2. The number of rotatable bonds is 1. The number of nitriles is 1. The lowest BCUT2D eigenvalue weighted by Gasteiger charge is -2.22. The molecule has 1 aromatic carbocycles. The largest absolute Gasteiger partial charge is 0.370 e. The third kappa shape index (κ3) is 2.31. The lowest BCUT2D eigenvalue weighted by Crippen LogP contribution is -2.27. The number of halogens is 1. The van der Waals surface area contributed by atoms with Crippen LogP contribution in [0.2, 0.25) is 0 Å². The van der Waals surface area contributed by atoms with Crippen LogP contribution in [0.25, 0.3) is 0 Å². The van der Waals surface area contributed by atoms with Gasteiger partial charge in [-0.15, -0.1) is 0 Å². The van der Waals surface area contributed by atoms with Gasteiger partial charge in [0.05, 0.1) is 5.56 Å². The Morgan fingerprint density at radius 1 is 1.31 bits per heavy atom. The highest BCUT2D eigenvalue weighted by atomic mass is 19.1. The first-order valence-electron chi connectivity index (χ1n) is 5.46. The molecule has 1 N–H and O–H groups in total. The van der Waals surface area contributed by atoms with Crippen LogP contribution in [-0.4, -0.2) is 26.2 Å². The van der Waals surface area contributed by atoms with E-state index in [2.05, 4.69) is 10.2 Å². The molecule has 1 aliphatic rings. The minimum absolute atomic E-state index is 0.108. The van der Waals surface area contributed by atoms with Gasteiger partial charge in [0.15, 0.2) is 0 Å². The molecule has 0 atom stereocenters. The highest BCUT2D eigenvalue weighted by Crippen LogP contribution is 2.18. The molecule has 0 unspecified atom stereocenters. The molecule has 1 fully saturated rings. The molecule has 3 nitrogen and oxygen atoms in total. The van der Waals surface area contributed by atoms with Gasteiger partial charge in [-0.3, -0.25) is 0 Å². The van der Waals surface area contributed by atoms with Crippen molar-refractivity contribution in [2.24, 2.45) is 0 Å². The van der Waals surface area contributed by atoms with Crippen LogP contribution in [0.4, 0.5) is 10.1 Å². The van der Waals surface area contributed by atoms with E-state index in [0.29, 0.717) is 0 Å². The number of hydrogen-bond donors (Lipinski definition) is 1. The predicted octanol–water partition coefficient (Wildman–Crippen LogP) is 1.50. The molecular formula is C12H14FN3. The maximum absolute atomic E-state index is 13.4. The lowest BCUT2D eigenvalue weighted by atomic mass is 10.2. The molecule has 1 heterocycles. The quantitative estimate of drug-likeness (QED) is 0.778. The van der Waals surface area contributed by atoms with E-state index in [-0.39, 0.29) is 5.56 Å². The maximum atomic E-state index is 13.4. The lowest BCUT2D eigenvalue weighted by molar-refractivity contribution is 0.622. The van der Waals surface area contributed by atoms with Crippen LogP contribution in [-0.2, 0) is 0 Å².